The topological polar surface area (TPSA) is 49.4 Å². The van der Waals surface area contributed by atoms with Crippen LogP contribution >= 0.6 is 23.2 Å². The van der Waals surface area contributed by atoms with Crippen LogP contribution in [0, 0.1) is 0 Å². The van der Waals surface area contributed by atoms with E-state index in [1.807, 2.05) is 30.3 Å². The summed E-state index contributed by atoms with van der Waals surface area (Å²) in [5, 5.41) is 3.65. The number of nitrogens with zero attached hydrogens (tertiary/aromatic N) is 1. The number of halogens is 2. The molecule has 2 amide bonds. The molecule has 0 radical (unpaired) electrons. The lowest BCUT2D eigenvalue weighted by atomic mass is 9.93. The monoisotopic (exact) mass is 374 g/mol. The van der Waals surface area contributed by atoms with Gasteiger partial charge in [-0.3, -0.25) is 9.59 Å². The largest absolute Gasteiger partial charge is 0.325 e. The maximum atomic E-state index is 12.5. The van der Waals surface area contributed by atoms with E-state index >= 15 is 0 Å². The van der Waals surface area contributed by atoms with E-state index in [1.54, 1.807) is 29.3 Å². The molecule has 0 aliphatic carbocycles. The Morgan fingerprint density at radius 1 is 1.16 bits per heavy atom. The number of hydrogen-bond acceptors (Lipinski definition) is 2. The summed E-state index contributed by atoms with van der Waals surface area (Å²) in [5.41, 5.74) is 2.44. The molecule has 6 heteroatoms. The molecule has 25 heavy (non-hydrogen) atoms. The third-order valence-electron chi connectivity index (χ3n) is 4.05. The standard InChI is InChI=1S/C19H16Cl2N2O2/c1-12(24)23-9-8-13-4-2-3-5-15(13)18(23)11-19(25)22-17-7-6-14(20)10-16(17)21/h2-10,18H,11H2,1H3,(H,22,25). The fourth-order valence-electron chi connectivity index (χ4n) is 2.88. The zero-order valence-corrected chi connectivity index (χ0v) is 15.0. The first-order chi connectivity index (χ1) is 12.0. The van der Waals surface area contributed by atoms with E-state index in [1.165, 1.54) is 6.92 Å². The van der Waals surface area contributed by atoms with Crippen molar-refractivity contribution in [3.8, 4) is 0 Å². The van der Waals surface area contributed by atoms with Gasteiger partial charge in [-0.2, -0.15) is 0 Å². The molecule has 2 aromatic carbocycles. The van der Waals surface area contributed by atoms with E-state index < -0.39 is 0 Å². The lowest BCUT2D eigenvalue weighted by Crippen LogP contribution is -2.33. The van der Waals surface area contributed by atoms with Gasteiger partial charge in [-0.05, 0) is 35.4 Å². The van der Waals surface area contributed by atoms with E-state index in [0.717, 1.165) is 11.1 Å². The number of carbonyl (C=O) groups is 2. The molecular weight excluding hydrogens is 359 g/mol. The van der Waals surface area contributed by atoms with Gasteiger partial charge in [-0.25, -0.2) is 0 Å². The zero-order valence-electron chi connectivity index (χ0n) is 13.5. The number of nitrogens with one attached hydrogen (secondary N) is 1. The van der Waals surface area contributed by atoms with Gasteiger partial charge in [0.25, 0.3) is 0 Å². The lowest BCUT2D eigenvalue weighted by Gasteiger charge is -2.32. The molecule has 0 saturated heterocycles. The highest BCUT2D eigenvalue weighted by Gasteiger charge is 2.28. The molecular formula is C19H16Cl2N2O2. The van der Waals surface area contributed by atoms with Crippen LogP contribution in [0.2, 0.25) is 10.0 Å². The van der Waals surface area contributed by atoms with Crippen LogP contribution in [0.25, 0.3) is 6.08 Å². The Labute approximate surface area is 156 Å². The van der Waals surface area contributed by atoms with E-state index in [-0.39, 0.29) is 24.3 Å². The zero-order chi connectivity index (χ0) is 18.0. The number of rotatable bonds is 3. The van der Waals surface area contributed by atoms with Gasteiger partial charge in [-0.15, -0.1) is 0 Å². The number of amides is 2. The molecule has 1 atom stereocenters. The molecule has 0 saturated carbocycles. The first-order valence-corrected chi connectivity index (χ1v) is 8.52. The highest BCUT2D eigenvalue weighted by Crippen LogP contribution is 2.33. The molecule has 0 spiro atoms. The van der Waals surface area contributed by atoms with Crippen molar-refractivity contribution in [2.24, 2.45) is 0 Å². The molecule has 2 aromatic rings. The van der Waals surface area contributed by atoms with Crippen LogP contribution in [0.15, 0.2) is 48.7 Å². The van der Waals surface area contributed by atoms with Gasteiger partial charge in [-0.1, -0.05) is 47.5 Å². The summed E-state index contributed by atoms with van der Waals surface area (Å²) in [5.74, 6) is -0.348. The highest BCUT2D eigenvalue weighted by molar-refractivity contribution is 6.36. The first kappa shape index (κ1) is 17.5. The third kappa shape index (κ3) is 3.86. The Balaban J connectivity index is 1.82. The van der Waals surface area contributed by atoms with E-state index in [9.17, 15) is 9.59 Å². The van der Waals surface area contributed by atoms with Crippen molar-refractivity contribution < 1.29 is 9.59 Å². The molecule has 128 valence electrons. The fourth-order valence-corrected chi connectivity index (χ4v) is 3.34. The summed E-state index contributed by atoms with van der Waals surface area (Å²) in [6.07, 6.45) is 3.72. The minimum atomic E-state index is -0.357. The molecule has 1 unspecified atom stereocenters. The van der Waals surface area contributed by atoms with Gasteiger partial charge >= 0.3 is 0 Å². The number of fused-ring (bicyclic) bond motifs is 1. The van der Waals surface area contributed by atoms with E-state index in [4.69, 9.17) is 23.2 Å². The van der Waals surface area contributed by atoms with Crippen LogP contribution in [0.5, 0.6) is 0 Å². The second-order valence-electron chi connectivity index (χ2n) is 5.76. The molecule has 3 rings (SSSR count). The van der Waals surface area contributed by atoms with Gasteiger partial charge in [0.15, 0.2) is 0 Å². The summed E-state index contributed by atoms with van der Waals surface area (Å²) in [6, 6.07) is 12.2. The quantitative estimate of drug-likeness (QED) is 0.830. The minimum absolute atomic E-state index is 0.118. The Morgan fingerprint density at radius 2 is 1.92 bits per heavy atom. The second kappa shape index (κ2) is 7.30. The van der Waals surface area contributed by atoms with E-state index in [2.05, 4.69) is 5.32 Å². The molecule has 1 N–H and O–H groups in total. The van der Waals surface area contributed by atoms with Crippen LogP contribution in [-0.4, -0.2) is 16.7 Å². The predicted molar refractivity (Wildman–Crippen MR) is 100 cm³/mol. The van der Waals surface area contributed by atoms with Gasteiger partial charge < -0.3 is 10.2 Å². The van der Waals surface area contributed by atoms with Crippen molar-refractivity contribution >= 4 is 46.8 Å². The number of carbonyl (C=O) groups excluding carboxylic acids is 2. The van der Waals surface area contributed by atoms with Crippen molar-refractivity contribution in [3.05, 3.63) is 69.8 Å². The molecule has 4 nitrogen and oxygen atoms in total. The van der Waals surface area contributed by atoms with Crippen molar-refractivity contribution in [2.75, 3.05) is 5.32 Å². The lowest BCUT2D eigenvalue weighted by molar-refractivity contribution is -0.129. The number of hydrogen-bond donors (Lipinski definition) is 1. The molecule has 0 aromatic heterocycles. The molecule has 1 heterocycles. The Morgan fingerprint density at radius 3 is 2.64 bits per heavy atom. The van der Waals surface area contributed by atoms with Crippen molar-refractivity contribution in [1.82, 2.24) is 4.90 Å². The molecule has 0 bridgehead atoms. The van der Waals surface area contributed by atoms with Crippen LogP contribution in [-0.2, 0) is 9.59 Å². The number of benzene rings is 2. The average Bonchev–Trinajstić information content (AvgIpc) is 2.57. The van der Waals surface area contributed by atoms with E-state index in [0.29, 0.717) is 15.7 Å². The summed E-state index contributed by atoms with van der Waals surface area (Å²) in [6.45, 7) is 1.49. The Kier molecular flexibility index (Phi) is 5.11. The van der Waals surface area contributed by atoms with Crippen molar-refractivity contribution in [1.29, 1.82) is 0 Å². The van der Waals surface area contributed by atoms with Crippen molar-refractivity contribution in [3.63, 3.8) is 0 Å². The average molecular weight is 375 g/mol. The molecule has 1 aliphatic heterocycles. The molecule has 1 aliphatic rings. The predicted octanol–water partition coefficient (Wildman–Crippen LogP) is 4.90. The van der Waals surface area contributed by atoms with Gasteiger partial charge in [0.05, 0.1) is 23.2 Å². The maximum Gasteiger partial charge on any atom is 0.226 e. The van der Waals surface area contributed by atoms with Crippen LogP contribution < -0.4 is 5.32 Å². The highest BCUT2D eigenvalue weighted by atomic mass is 35.5. The summed E-state index contributed by atoms with van der Waals surface area (Å²) >= 11 is 12.0. The van der Waals surface area contributed by atoms with Crippen LogP contribution in [0.4, 0.5) is 5.69 Å². The Hall–Kier alpha value is -2.30. The summed E-state index contributed by atoms with van der Waals surface area (Å²) in [7, 11) is 0. The SMILES string of the molecule is CC(=O)N1C=Cc2ccccc2C1CC(=O)Nc1ccc(Cl)cc1Cl. The molecule has 0 fully saturated rings. The Bertz CT molecular complexity index is 864. The van der Waals surface area contributed by atoms with Gasteiger partial charge in [0, 0.05) is 18.1 Å². The summed E-state index contributed by atoms with van der Waals surface area (Å²) < 4.78 is 0. The minimum Gasteiger partial charge on any atom is -0.325 e. The fraction of sp³-hybridized carbons (Fsp3) is 0.158. The van der Waals surface area contributed by atoms with Gasteiger partial charge in [0.2, 0.25) is 11.8 Å². The third-order valence-corrected chi connectivity index (χ3v) is 4.60. The summed E-state index contributed by atoms with van der Waals surface area (Å²) in [4.78, 5) is 26.1. The normalized spacial score (nSPS) is 15.6. The van der Waals surface area contributed by atoms with Crippen LogP contribution in [0.1, 0.15) is 30.5 Å². The maximum absolute atomic E-state index is 12.5. The van der Waals surface area contributed by atoms with Gasteiger partial charge in [0.1, 0.15) is 0 Å². The smallest absolute Gasteiger partial charge is 0.226 e. The van der Waals surface area contributed by atoms with Crippen molar-refractivity contribution in [2.45, 2.75) is 19.4 Å². The number of anilines is 1. The second-order valence-corrected chi connectivity index (χ2v) is 6.61. The van der Waals surface area contributed by atoms with Crippen LogP contribution in [0.3, 0.4) is 0 Å². The first-order valence-electron chi connectivity index (χ1n) is 7.76.